The molecule has 37 heavy (non-hydrogen) atoms. The molecule has 1 aliphatic carbocycles. The summed E-state index contributed by atoms with van der Waals surface area (Å²) in [5, 5.41) is 3.03. The van der Waals surface area contributed by atoms with E-state index in [1.165, 1.54) is 3.57 Å². The van der Waals surface area contributed by atoms with Gasteiger partial charge in [0.2, 0.25) is 5.91 Å². The fraction of sp³-hybridized carbons (Fsp3) is 0.517. The van der Waals surface area contributed by atoms with Crippen LogP contribution in [-0.4, -0.2) is 51.6 Å². The number of pyridine rings is 1. The molecule has 0 spiro atoms. The van der Waals surface area contributed by atoms with Crippen molar-refractivity contribution in [3.8, 4) is 16.5 Å². The summed E-state index contributed by atoms with van der Waals surface area (Å²) in [5.74, 6) is 2.45. The van der Waals surface area contributed by atoms with Gasteiger partial charge in [-0.2, -0.15) is 0 Å². The number of halogens is 1. The summed E-state index contributed by atoms with van der Waals surface area (Å²) >= 11 is 1.18. The number of nitrogens with zero attached hydrogens (tertiary/aromatic N) is 3. The van der Waals surface area contributed by atoms with Gasteiger partial charge in [0.15, 0.2) is 0 Å². The Hall–Kier alpha value is -2.07. The molecule has 6 nitrogen and oxygen atoms in total. The normalized spacial score (nSPS) is 19.0. The van der Waals surface area contributed by atoms with Crippen LogP contribution in [0, 0.1) is 9.49 Å². The zero-order valence-corrected chi connectivity index (χ0v) is 25.5. The Morgan fingerprint density at radius 1 is 1.32 bits per heavy atom. The first-order valence-corrected chi connectivity index (χ1v) is 16.3. The third-order valence-corrected chi connectivity index (χ3v) is 10.4. The molecule has 200 valence electrons. The molecule has 1 saturated carbocycles. The van der Waals surface area contributed by atoms with Crippen molar-refractivity contribution in [2.24, 2.45) is 5.92 Å². The molecular weight excluding hydrogens is 597 g/mol. The minimum atomic E-state index is -0.451. The number of hydrogen-bond donors (Lipinski definition) is 0. The van der Waals surface area contributed by atoms with E-state index >= 15 is 0 Å². The molecule has 1 fully saturated rings. The summed E-state index contributed by atoms with van der Waals surface area (Å²) in [5.41, 5.74) is 3.92. The minimum Gasteiger partial charge on any atom is -0.496 e. The van der Waals surface area contributed by atoms with Crippen LogP contribution in [0.5, 0.6) is 5.75 Å². The summed E-state index contributed by atoms with van der Waals surface area (Å²) in [6.07, 6.45) is 7.58. The number of hydrogen-bond acceptors (Lipinski definition) is 6. The smallest absolute Gasteiger partial charge is 0.225 e. The molecule has 0 bridgehead atoms. The van der Waals surface area contributed by atoms with Crippen LogP contribution in [0.25, 0.3) is 16.3 Å². The van der Waals surface area contributed by atoms with E-state index in [1.54, 1.807) is 18.4 Å². The van der Waals surface area contributed by atoms with Crippen LogP contribution < -0.4 is 4.74 Å². The second-order valence-electron chi connectivity index (χ2n) is 10.1. The van der Waals surface area contributed by atoms with E-state index in [0.717, 1.165) is 84.2 Å². The van der Waals surface area contributed by atoms with Gasteiger partial charge in [-0.15, -0.1) is 17.9 Å². The predicted octanol–water partition coefficient (Wildman–Crippen LogP) is 7.02. The highest BCUT2D eigenvalue weighted by molar-refractivity contribution is 14.2. The van der Waals surface area contributed by atoms with E-state index in [1.807, 2.05) is 18.0 Å². The van der Waals surface area contributed by atoms with E-state index in [-0.39, 0.29) is 17.9 Å². The molecule has 0 unspecified atom stereocenters. The average molecular weight is 636 g/mol. The molecule has 8 heteroatoms. The van der Waals surface area contributed by atoms with Crippen molar-refractivity contribution >= 4 is 47.6 Å². The zero-order valence-electron chi connectivity index (χ0n) is 22.6. The largest absolute Gasteiger partial charge is 0.496 e. The van der Waals surface area contributed by atoms with E-state index < -0.39 is 20.7 Å². The van der Waals surface area contributed by atoms with E-state index in [4.69, 9.17) is 19.4 Å². The van der Waals surface area contributed by atoms with E-state index in [2.05, 4.69) is 42.8 Å². The summed E-state index contributed by atoms with van der Waals surface area (Å²) < 4.78 is 15.7. The highest BCUT2D eigenvalue weighted by atomic mass is 127. The van der Waals surface area contributed by atoms with Gasteiger partial charge in [0.05, 0.1) is 28.2 Å². The van der Waals surface area contributed by atoms with Crippen molar-refractivity contribution < 1.29 is 14.3 Å². The van der Waals surface area contributed by atoms with Crippen LogP contribution in [0.1, 0.15) is 76.6 Å². The Balaban J connectivity index is 1.54. The number of rotatable bonds is 11. The monoisotopic (exact) mass is 635 g/mol. The van der Waals surface area contributed by atoms with Crippen LogP contribution in [0.2, 0.25) is 0 Å². The Labute approximate surface area is 234 Å². The summed E-state index contributed by atoms with van der Waals surface area (Å²) in [6, 6.07) is 2.07. The Kier molecular flexibility index (Phi) is 9.56. The van der Waals surface area contributed by atoms with E-state index in [9.17, 15) is 4.79 Å². The number of unbranched alkanes of at least 4 members (excludes halogenated alkanes) is 2. The molecule has 2 atom stereocenters. The van der Waals surface area contributed by atoms with Crippen molar-refractivity contribution in [3.05, 3.63) is 44.8 Å². The van der Waals surface area contributed by atoms with Crippen LogP contribution in [-0.2, 0) is 9.53 Å². The quantitative estimate of drug-likeness (QED) is 0.151. The highest BCUT2D eigenvalue weighted by Crippen LogP contribution is 2.41. The van der Waals surface area contributed by atoms with Gasteiger partial charge in [-0.1, -0.05) is 40.7 Å². The van der Waals surface area contributed by atoms with Gasteiger partial charge in [-0.25, -0.2) is 9.97 Å². The average Bonchev–Trinajstić information content (AvgIpc) is 3.57. The first-order valence-electron chi connectivity index (χ1n) is 13.1. The number of amides is 1. The van der Waals surface area contributed by atoms with Gasteiger partial charge in [0.25, 0.3) is 0 Å². The van der Waals surface area contributed by atoms with Gasteiger partial charge in [-0.3, -0.25) is 4.79 Å². The van der Waals surface area contributed by atoms with Crippen molar-refractivity contribution in [1.82, 2.24) is 14.9 Å². The van der Waals surface area contributed by atoms with Crippen LogP contribution >= 0.6 is 32.1 Å². The molecule has 0 aromatic carbocycles. The molecule has 0 N–H and O–H groups in total. The van der Waals surface area contributed by atoms with Gasteiger partial charge >= 0.3 is 0 Å². The van der Waals surface area contributed by atoms with Crippen molar-refractivity contribution in [2.75, 3.05) is 20.7 Å². The van der Waals surface area contributed by atoms with Gasteiger partial charge in [0.1, 0.15) is 22.2 Å². The van der Waals surface area contributed by atoms with Gasteiger partial charge in [-0.05, 0) is 51.4 Å². The maximum Gasteiger partial charge on any atom is 0.225 e. The maximum absolute atomic E-state index is 13.1. The molecule has 0 radical (unpaired) electrons. The van der Waals surface area contributed by atoms with Gasteiger partial charge in [0, 0.05) is 40.5 Å². The number of fused-ring (bicyclic) bond motifs is 1. The number of ether oxygens (including phenoxy) is 2. The zero-order chi connectivity index (χ0) is 26.5. The minimum absolute atomic E-state index is 0.0297. The second kappa shape index (κ2) is 12.7. The number of methoxy groups -OCH3 is 1. The van der Waals surface area contributed by atoms with Crippen molar-refractivity contribution in [3.63, 3.8) is 0 Å². The van der Waals surface area contributed by atoms with Crippen LogP contribution in [0.4, 0.5) is 0 Å². The third-order valence-electron chi connectivity index (χ3n) is 7.02. The first-order chi connectivity index (χ1) is 17.8. The number of allylic oxidation sites excluding steroid dienone is 3. The Bertz CT molecular complexity index is 1200. The third kappa shape index (κ3) is 6.50. The number of thiazole rings is 1. The first kappa shape index (κ1) is 28.0. The fourth-order valence-corrected chi connectivity index (χ4v) is 8.40. The molecule has 2 aromatic heterocycles. The number of aromatic nitrogens is 2. The predicted molar refractivity (Wildman–Crippen MR) is 161 cm³/mol. The standard InChI is InChI=1S/C29H38IN3O3S/c1-7-8-9-10-13-33(5)29(34)20-11-12-21(14-20)36-24-15-22(28-32-23(17-37-28)18(2)3)31-27-19(4)25(35-6)16-30-26(24)27/h7,15-18,20-21H,1,8-14H2,2-6H3/t20-,21+/m0/s1. The topological polar surface area (TPSA) is 64.6 Å². The van der Waals surface area contributed by atoms with Crippen molar-refractivity contribution in [2.45, 2.75) is 71.3 Å². The van der Waals surface area contributed by atoms with Crippen LogP contribution in [0.3, 0.4) is 0 Å². The number of carbonyl (C=O) groups is 1. The lowest BCUT2D eigenvalue weighted by Gasteiger charge is -2.22. The fourth-order valence-electron chi connectivity index (χ4n) is 4.74. The van der Waals surface area contributed by atoms with Crippen LogP contribution in [0.15, 0.2) is 29.9 Å². The lowest BCUT2D eigenvalue weighted by atomic mass is 10.1. The lowest BCUT2D eigenvalue weighted by molar-refractivity contribution is -0.134. The molecule has 2 aromatic rings. The van der Waals surface area contributed by atoms with Crippen molar-refractivity contribution in [1.29, 1.82) is 0 Å². The summed E-state index contributed by atoms with van der Waals surface area (Å²) in [6.45, 7) is 11.0. The Morgan fingerprint density at radius 3 is 2.84 bits per heavy atom. The molecular formula is C29H38IN3O3S. The SMILES string of the molecule is C=CCCCCN(C)C(=O)[C@H]1CC[C@@H](Oc2cc(-c3nc(C(C)C)cs3)nc3c2I=CC(OC)=C3C)C1. The summed E-state index contributed by atoms with van der Waals surface area (Å²) in [7, 11) is 3.64. The molecule has 2 aliphatic rings. The second-order valence-corrected chi connectivity index (χ2v) is 13.3. The Morgan fingerprint density at radius 2 is 2.14 bits per heavy atom. The molecule has 0 saturated heterocycles. The number of carbonyl (C=O) groups excluding carboxylic acids is 1. The summed E-state index contributed by atoms with van der Waals surface area (Å²) in [4.78, 5) is 24.9. The molecule has 1 amide bonds. The highest BCUT2D eigenvalue weighted by Gasteiger charge is 2.34. The maximum atomic E-state index is 13.1. The molecule has 3 heterocycles. The molecule has 1 aliphatic heterocycles. The van der Waals surface area contributed by atoms with E-state index in [0.29, 0.717) is 5.92 Å². The lowest BCUT2D eigenvalue weighted by Crippen LogP contribution is -2.33. The molecule has 4 rings (SSSR count). The van der Waals surface area contributed by atoms with Gasteiger partial charge < -0.3 is 14.4 Å².